The average Bonchev–Trinajstić information content (AvgIpc) is 2.74. The van der Waals surface area contributed by atoms with Gasteiger partial charge in [0.1, 0.15) is 0 Å². The summed E-state index contributed by atoms with van der Waals surface area (Å²) in [6, 6.07) is 0.306. The summed E-state index contributed by atoms with van der Waals surface area (Å²) < 4.78 is 0. The van der Waals surface area contributed by atoms with Crippen molar-refractivity contribution in [2.45, 2.75) is 64.0 Å². The second kappa shape index (κ2) is 10.7. The predicted octanol–water partition coefficient (Wildman–Crippen LogP) is 2.43. The van der Waals surface area contributed by atoms with E-state index in [4.69, 9.17) is 5.73 Å². The molecule has 0 radical (unpaired) electrons. The number of hydrogen-bond acceptors (Lipinski definition) is 3. The molecule has 2 saturated heterocycles. The highest BCUT2D eigenvalue weighted by Gasteiger charge is 2.31. The van der Waals surface area contributed by atoms with Gasteiger partial charge >= 0.3 is 0 Å². The molecule has 1 amide bonds. The molecular formula is C15H31Cl2N3O. The first-order valence-corrected chi connectivity index (χ1v) is 7.98. The molecule has 2 fully saturated rings. The third kappa shape index (κ3) is 5.59. The summed E-state index contributed by atoms with van der Waals surface area (Å²) in [6.45, 7) is 5.75. The molecule has 2 heterocycles. The number of halogens is 2. The van der Waals surface area contributed by atoms with E-state index in [0.717, 1.165) is 32.5 Å². The predicted molar refractivity (Wildman–Crippen MR) is 92.4 cm³/mol. The Kier molecular flexibility index (Phi) is 10.6. The van der Waals surface area contributed by atoms with Crippen molar-refractivity contribution in [3.05, 3.63) is 0 Å². The number of carbonyl (C=O) groups excluding carboxylic acids is 1. The van der Waals surface area contributed by atoms with Crippen LogP contribution in [0, 0.1) is 0 Å². The molecule has 0 aromatic rings. The van der Waals surface area contributed by atoms with Crippen molar-refractivity contribution in [3.63, 3.8) is 0 Å². The highest BCUT2D eigenvalue weighted by molar-refractivity contribution is 5.85. The largest absolute Gasteiger partial charge is 0.337 e. The fraction of sp³-hybridized carbons (Fsp3) is 0.933. The van der Waals surface area contributed by atoms with E-state index < -0.39 is 0 Å². The molecule has 4 nitrogen and oxygen atoms in total. The van der Waals surface area contributed by atoms with Crippen molar-refractivity contribution >= 4 is 30.7 Å². The van der Waals surface area contributed by atoms with Crippen LogP contribution in [0.15, 0.2) is 0 Å². The van der Waals surface area contributed by atoms with Crippen molar-refractivity contribution in [1.82, 2.24) is 9.80 Å². The molecule has 2 aliphatic heterocycles. The summed E-state index contributed by atoms with van der Waals surface area (Å²) in [5, 5.41) is 0. The Hall–Kier alpha value is -0.0300. The molecular weight excluding hydrogens is 309 g/mol. The number of amides is 1. The molecule has 2 atom stereocenters. The standard InChI is InChI=1S/C15H29N3O.2ClH/c1-13(17-9-5-2-3-6-10-17)15(19)18-11-7-4-8-14(18)12-16;;/h13-14H,2-12,16H2,1H3;2*1H. The van der Waals surface area contributed by atoms with Crippen LogP contribution in [-0.2, 0) is 4.79 Å². The number of carbonyl (C=O) groups is 1. The minimum absolute atomic E-state index is 0. The molecule has 0 aromatic heterocycles. The minimum atomic E-state index is 0. The summed E-state index contributed by atoms with van der Waals surface area (Å²) in [6.07, 6.45) is 8.52. The molecule has 0 saturated carbocycles. The van der Waals surface area contributed by atoms with Gasteiger partial charge < -0.3 is 10.6 Å². The van der Waals surface area contributed by atoms with Crippen LogP contribution in [0.25, 0.3) is 0 Å². The van der Waals surface area contributed by atoms with E-state index in [0.29, 0.717) is 12.5 Å². The first-order chi connectivity index (χ1) is 9.24. The Morgan fingerprint density at radius 2 is 1.62 bits per heavy atom. The first-order valence-electron chi connectivity index (χ1n) is 7.98. The van der Waals surface area contributed by atoms with E-state index in [-0.39, 0.29) is 36.9 Å². The molecule has 2 aliphatic rings. The van der Waals surface area contributed by atoms with E-state index in [1.165, 1.54) is 32.1 Å². The molecule has 0 aromatic carbocycles. The van der Waals surface area contributed by atoms with E-state index in [1.54, 1.807) is 0 Å². The quantitative estimate of drug-likeness (QED) is 0.858. The van der Waals surface area contributed by atoms with Gasteiger partial charge in [-0.2, -0.15) is 0 Å². The molecule has 2 rings (SSSR count). The Morgan fingerprint density at radius 3 is 2.19 bits per heavy atom. The maximum absolute atomic E-state index is 12.7. The zero-order valence-electron chi connectivity index (χ0n) is 13.1. The Morgan fingerprint density at radius 1 is 1.05 bits per heavy atom. The normalized spacial score (nSPS) is 25.2. The molecule has 2 N–H and O–H groups in total. The molecule has 21 heavy (non-hydrogen) atoms. The SMILES string of the molecule is CC(C(=O)N1CCCCC1CN)N1CCCCCC1.Cl.Cl. The molecule has 126 valence electrons. The summed E-state index contributed by atoms with van der Waals surface area (Å²) in [5.41, 5.74) is 5.83. The highest BCUT2D eigenvalue weighted by atomic mass is 35.5. The maximum Gasteiger partial charge on any atom is 0.239 e. The number of nitrogens with two attached hydrogens (primary N) is 1. The van der Waals surface area contributed by atoms with E-state index in [9.17, 15) is 4.79 Å². The van der Waals surface area contributed by atoms with Gasteiger partial charge in [-0.25, -0.2) is 0 Å². The van der Waals surface area contributed by atoms with Gasteiger partial charge in [-0.1, -0.05) is 12.8 Å². The van der Waals surface area contributed by atoms with Crippen molar-refractivity contribution in [2.75, 3.05) is 26.2 Å². The monoisotopic (exact) mass is 339 g/mol. The maximum atomic E-state index is 12.7. The summed E-state index contributed by atoms with van der Waals surface area (Å²) in [4.78, 5) is 17.1. The highest BCUT2D eigenvalue weighted by Crippen LogP contribution is 2.20. The third-order valence-electron chi connectivity index (χ3n) is 4.73. The molecule has 0 spiro atoms. The van der Waals surface area contributed by atoms with Gasteiger partial charge in [0.15, 0.2) is 0 Å². The summed E-state index contributed by atoms with van der Waals surface area (Å²) >= 11 is 0. The Labute approximate surface area is 141 Å². The van der Waals surface area contributed by atoms with Crippen molar-refractivity contribution in [3.8, 4) is 0 Å². The Balaban J connectivity index is 0.00000200. The third-order valence-corrected chi connectivity index (χ3v) is 4.73. The number of rotatable bonds is 3. The fourth-order valence-electron chi connectivity index (χ4n) is 3.41. The fourth-order valence-corrected chi connectivity index (χ4v) is 3.41. The Bertz CT molecular complexity index is 297. The number of likely N-dealkylation sites (tertiary alicyclic amines) is 2. The molecule has 0 bridgehead atoms. The first kappa shape index (κ1) is 21.0. The lowest BCUT2D eigenvalue weighted by atomic mass is 10.0. The van der Waals surface area contributed by atoms with E-state index >= 15 is 0 Å². The number of piperidine rings is 1. The van der Waals surface area contributed by atoms with Crippen molar-refractivity contribution in [2.24, 2.45) is 5.73 Å². The lowest BCUT2D eigenvalue weighted by molar-refractivity contribution is -0.140. The van der Waals surface area contributed by atoms with E-state index in [1.807, 2.05) is 0 Å². The average molecular weight is 340 g/mol. The van der Waals surface area contributed by atoms with Gasteiger partial charge in [0.2, 0.25) is 5.91 Å². The number of hydrogen-bond donors (Lipinski definition) is 1. The summed E-state index contributed by atoms with van der Waals surface area (Å²) in [7, 11) is 0. The van der Waals surface area contributed by atoms with Crippen LogP contribution in [-0.4, -0.2) is 54.0 Å². The van der Waals surface area contributed by atoms with Crippen LogP contribution in [0.4, 0.5) is 0 Å². The van der Waals surface area contributed by atoms with Gasteiger partial charge in [-0.3, -0.25) is 9.69 Å². The van der Waals surface area contributed by atoms with Crippen LogP contribution >= 0.6 is 24.8 Å². The second-order valence-electron chi connectivity index (χ2n) is 6.04. The van der Waals surface area contributed by atoms with E-state index in [2.05, 4.69) is 16.7 Å². The van der Waals surface area contributed by atoms with Gasteiger partial charge in [0, 0.05) is 19.1 Å². The van der Waals surface area contributed by atoms with Crippen LogP contribution in [0.3, 0.4) is 0 Å². The van der Waals surface area contributed by atoms with Crippen molar-refractivity contribution < 1.29 is 4.79 Å². The second-order valence-corrected chi connectivity index (χ2v) is 6.04. The van der Waals surface area contributed by atoms with Crippen LogP contribution in [0.2, 0.25) is 0 Å². The van der Waals surface area contributed by atoms with Gasteiger partial charge in [0.05, 0.1) is 6.04 Å². The smallest absolute Gasteiger partial charge is 0.239 e. The molecule has 0 aliphatic carbocycles. The topological polar surface area (TPSA) is 49.6 Å². The zero-order chi connectivity index (χ0) is 13.7. The van der Waals surface area contributed by atoms with Gasteiger partial charge in [-0.05, 0) is 52.1 Å². The molecule has 2 unspecified atom stereocenters. The lowest BCUT2D eigenvalue weighted by Crippen LogP contribution is -2.54. The molecule has 6 heteroatoms. The number of nitrogens with zero attached hydrogens (tertiary/aromatic N) is 2. The van der Waals surface area contributed by atoms with Gasteiger partial charge in [-0.15, -0.1) is 24.8 Å². The zero-order valence-corrected chi connectivity index (χ0v) is 14.8. The van der Waals surface area contributed by atoms with Crippen LogP contribution in [0.1, 0.15) is 51.9 Å². The van der Waals surface area contributed by atoms with Crippen molar-refractivity contribution in [1.29, 1.82) is 0 Å². The minimum Gasteiger partial charge on any atom is -0.337 e. The van der Waals surface area contributed by atoms with Crippen LogP contribution in [0.5, 0.6) is 0 Å². The summed E-state index contributed by atoms with van der Waals surface area (Å²) in [5.74, 6) is 0.303. The lowest BCUT2D eigenvalue weighted by Gasteiger charge is -2.39. The van der Waals surface area contributed by atoms with Gasteiger partial charge in [0.25, 0.3) is 0 Å². The van der Waals surface area contributed by atoms with Crippen LogP contribution < -0.4 is 5.73 Å².